The Labute approximate surface area is 161 Å². The average molecular weight is 381 g/mol. The van der Waals surface area contributed by atoms with Crippen molar-refractivity contribution in [3.05, 3.63) is 34.9 Å². The zero-order valence-electron chi connectivity index (χ0n) is 15.1. The van der Waals surface area contributed by atoms with Crippen LogP contribution in [0.3, 0.4) is 0 Å². The third-order valence-corrected chi connectivity index (χ3v) is 5.02. The van der Waals surface area contributed by atoms with Gasteiger partial charge in [0, 0.05) is 47.8 Å². The van der Waals surface area contributed by atoms with Gasteiger partial charge in [-0.05, 0) is 18.9 Å². The molecule has 1 aliphatic heterocycles. The molecule has 2 atom stereocenters. The molecule has 1 saturated heterocycles. The van der Waals surface area contributed by atoms with Crippen LogP contribution in [0.5, 0.6) is 0 Å². The van der Waals surface area contributed by atoms with Crippen molar-refractivity contribution >= 4 is 29.4 Å². The maximum atomic E-state index is 13.1. The van der Waals surface area contributed by atoms with Crippen LogP contribution < -0.4 is 5.32 Å². The number of imide groups is 1. The summed E-state index contributed by atoms with van der Waals surface area (Å²) in [5.41, 5.74) is 0.961. The molecule has 0 aromatic heterocycles. The number of rotatable bonds is 4. The number of hydrogen-bond donors (Lipinski definition) is 2. The van der Waals surface area contributed by atoms with E-state index >= 15 is 0 Å². The van der Waals surface area contributed by atoms with Crippen LogP contribution in [0.25, 0.3) is 0 Å². The Balaban J connectivity index is 1.83. The molecule has 1 fully saturated rings. The van der Waals surface area contributed by atoms with Crippen LogP contribution in [-0.2, 0) is 14.4 Å². The molecule has 28 heavy (non-hydrogen) atoms. The quantitative estimate of drug-likeness (QED) is 0.606. The van der Waals surface area contributed by atoms with Gasteiger partial charge in [0.15, 0.2) is 11.6 Å². The number of carbonyl (C=O) groups is 5. The zero-order valence-corrected chi connectivity index (χ0v) is 15.1. The van der Waals surface area contributed by atoms with Gasteiger partial charge in [-0.25, -0.2) is 0 Å². The van der Waals surface area contributed by atoms with E-state index in [2.05, 4.69) is 17.2 Å². The predicted molar refractivity (Wildman–Crippen MR) is 97.4 cm³/mol. The number of piperidine rings is 1. The first-order valence-electron chi connectivity index (χ1n) is 9.11. The van der Waals surface area contributed by atoms with E-state index in [0.29, 0.717) is 17.5 Å². The van der Waals surface area contributed by atoms with Crippen molar-refractivity contribution in [3.8, 4) is 11.8 Å². The lowest BCUT2D eigenvalue weighted by Crippen LogP contribution is -2.42. The Kier molecular flexibility index (Phi) is 5.69. The van der Waals surface area contributed by atoms with E-state index in [1.165, 1.54) is 0 Å². The second-order valence-electron chi connectivity index (χ2n) is 7.00. The number of ketones is 2. The summed E-state index contributed by atoms with van der Waals surface area (Å²) in [6, 6.07) is 4.86. The minimum absolute atomic E-state index is 0.0272. The van der Waals surface area contributed by atoms with Gasteiger partial charge in [-0.15, -0.1) is 0 Å². The van der Waals surface area contributed by atoms with Gasteiger partial charge in [-0.1, -0.05) is 24.0 Å². The van der Waals surface area contributed by atoms with Crippen LogP contribution in [0.15, 0.2) is 18.2 Å². The highest BCUT2D eigenvalue weighted by molar-refractivity contribution is 6.16. The summed E-state index contributed by atoms with van der Waals surface area (Å²) in [6.07, 6.45) is 0.867. The molecule has 2 unspecified atom stereocenters. The van der Waals surface area contributed by atoms with E-state index in [9.17, 15) is 24.0 Å². The lowest BCUT2D eigenvalue weighted by molar-refractivity contribution is -0.138. The van der Waals surface area contributed by atoms with Crippen LogP contribution in [0.1, 0.15) is 64.8 Å². The summed E-state index contributed by atoms with van der Waals surface area (Å²) in [4.78, 5) is 59.5. The van der Waals surface area contributed by atoms with Gasteiger partial charge in [-0.2, -0.15) is 0 Å². The smallest absolute Gasteiger partial charge is 0.304 e. The minimum Gasteiger partial charge on any atom is -0.481 e. The molecule has 0 saturated carbocycles. The second kappa shape index (κ2) is 8.17. The standard InChI is InChI=1S/C21H19NO6/c23-16-11-14(10-13-8-9-17(24)22-21(13)28)20(27)19-12(5-3-6-15(16)19)4-1-2-7-18(25)26/h3,5-6,13-14H,2,7-11H2,(H,25,26)(H,22,24,28). The highest BCUT2D eigenvalue weighted by Gasteiger charge is 2.38. The number of nitrogens with one attached hydrogen (secondary N) is 1. The fourth-order valence-corrected chi connectivity index (χ4v) is 3.61. The zero-order chi connectivity index (χ0) is 20.3. The van der Waals surface area contributed by atoms with Crippen molar-refractivity contribution in [3.63, 3.8) is 0 Å². The summed E-state index contributed by atoms with van der Waals surface area (Å²) >= 11 is 0. The number of fused-ring (bicyclic) bond motifs is 1. The maximum Gasteiger partial charge on any atom is 0.304 e. The van der Waals surface area contributed by atoms with Gasteiger partial charge < -0.3 is 5.11 Å². The molecule has 0 radical (unpaired) electrons. The fourth-order valence-electron chi connectivity index (χ4n) is 3.61. The first-order valence-corrected chi connectivity index (χ1v) is 9.11. The molecule has 0 bridgehead atoms. The topological polar surface area (TPSA) is 118 Å². The van der Waals surface area contributed by atoms with E-state index in [1.807, 2.05) is 0 Å². The highest BCUT2D eigenvalue weighted by Crippen LogP contribution is 2.33. The second-order valence-corrected chi connectivity index (χ2v) is 7.00. The lowest BCUT2D eigenvalue weighted by atomic mass is 9.75. The number of carbonyl (C=O) groups excluding carboxylic acids is 4. The predicted octanol–water partition coefficient (Wildman–Crippen LogP) is 1.73. The Bertz CT molecular complexity index is 936. The van der Waals surface area contributed by atoms with Gasteiger partial charge in [-0.3, -0.25) is 29.3 Å². The number of Topliss-reactive ketones (excluding diaryl/α,β-unsaturated/α-hetero) is 2. The molecule has 1 aliphatic carbocycles. The molecular weight excluding hydrogens is 362 g/mol. The number of aliphatic carboxylic acids is 1. The van der Waals surface area contributed by atoms with Crippen molar-refractivity contribution in [1.29, 1.82) is 0 Å². The Morgan fingerprint density at radius 3 is 2.68 bits per heavy atom. The van der Waals surface area contributed by atoms with Gasteiger partial charge in [0.25, 0.3) is 0 Å². The van der Waals surface area contributed by atoms with Crippen molar-refractivity contribution in [2.75, 3.05) is 0 Å². The molecule has 7 heteroatoms. The average Bonchev–Trinajstić information content (AvgIpc) is 2.64. The van der Waals surface area contributed by atoms with Crippen molar-refractivity contribution in [2.45, 2.75) is 38.5 Å². The fraction of sp³-hybridized carbons (Fsp3) is 0.381. The van der Waals surface area contributed by atoms with Crippen LogP contribution in [0, 0.1) is 23.7 Å². The molecule has 2 aliphatic rings. The molecule has 1 aromatic carbocycles. The van der Waals surface area contributed by atoms with Gasteiger partial charge in [0.2, 0.25) is 11.8 Å². The lowest BCUT2D eigenvalue weighted by Gasteiger charge is -2.28. The van der Waals surface area contributed by atoms with Crippen LogP contribution in [0.2, 0.25) is 0 Å². The number of hydrogen-bond acceptors (Lipinski definition) is 5. The van der Waals surface area contributed by atoms with E-state index < -0.39 is 23.7 Å². The van der Waals surface area contributed by atoms with Gasteiger partial charge in [0.1, 0.15) is 0 Å². The molecule has 0 spiro atoms. The van der Waals surface area contributed by atoms with E-state index in [1.54, 1.807) is 18.2 Å². The minimum atomic E-state index is -0.958. The molecule has 144 valence electrons. The van der Waals surface area contributed by atoms with Crippen LogP contribution >= 0.6 is 0 Å². The molecule has 2 amide bonds. The number of carboxylic acid groups (broad SMARTS) is 1. The Hall–Kier alpha value is -3.27. The summed E-state index contributed by atoms with van der Waals surface area (Å²) in [5.74, 6) is 2.33. The first kappa shape index (κ1) is 19.5. The third-order valence-electron chi connectivity index (χ3n) is 5.02. The van der Waals surface area contributed by atoms with Crippen molar-refractivity contribution < 1.29 is 29.1 Å². The molecule has 3 rings (SSSR count). The SMILES string of the molecule is O=C(O)CCC#Cc1cccc2c1C(=O)C(CC1CCC(=O)NC1=O)CC2=O. The summed E-state index contributed by atoms with van der Waals surface area (Å²) in [5, 5.41) is 11.0. The van der Waals surface area contributed by atoms with Crippen LogP contribution in [-0.4, -0.2) is 34.5 Å². The largest absolute Gasteiger partial charge is 0.481 e. The monoisotopic (exact) mass is 381 g/mol. The number of amides is 2. The van der Waals surface area contributed by atoms with E-state index in [4.69, 9.17) is 5.11 Å². The number of carboxylic acids is 1. The maximum absolute atomic E-state index is 13.1. The van der Waals surface area contributed by atoms with Crippen molar-refractivity contribution in [1.82, 2.24) is 5.32 Å². The summed E-state index contributed by atoms with van der Waals surface area (Å²) < 4.78 is 0. The molecule has 2 N–H and O–H groups in total. The summed E-state index contributed by atoms with van der Waals surface area (Å²) in [7, 11) is 0. The first-order chi connectivity index (χ1) is 13.4. The summed E-state index contributed by atoms with van der Waals surface area (Å²) in [6.45, 7) is 0. The van der Waals surface area contributed by atoms with Gasteiger partial charge in [0.05, 0.1) is 6.42 Å². The third kappa shape index (κ3) is 4.17. The highest BCUT2D eigenvalue weighted by atomic mass is 16.4. The van der Waals surface area contributed by atoms with Crippen molar-refractivity contribution in [2.24, 2.45) is 11.8 Å². The molecule has 1 heterocycles. The van der Waals surface area contributed by atoms with E-state index in [0.717, 1.165) is 0 Å². The molecule has 1 aromatic rings. The van der Waals surface area contributed by atoms with Gasteiger partial charge >= 0.3 is 5.97 Å². The molecular formula is C21H19NO6. The Morgan fingerprint density at radius 1 is 1.18 bits per heavy atom. The van der Waals surface area contributed by atoms with Crippen LogP contribution in [0.4, 0.5) is 0 Å². The molecule has 7 nitrogen and oxygen atoms in total. The van der Waals surface area contributed by atoms with E-state index in [-0.39, 0.29) is 55.1 Å². The normalized spacial score (nSPS) is 21.4. The Morgan fingerprint density at radius 2 is 1.96 bits per heavy atom. The number of benzene rings is 1.